The second-order valence-corrected chi connectivity index (χ2v) is 7.96. The Morgan fingerprint density at radius 2 is 2.00 bits per heavy atom. The second kappa shape index (κ2) is 4.71. The zero-order valence-corrected chi connectivity index (χ0v) is 11.9. The van der Waals surface area contributed by atoms with Gasteiger partial charge in [0.15, 0.2) is 0 Å². The minimum Gasteiger partial charge on any atom is -0.380 e. The Balaban J connectivity index is 1.76. The molecule has 0 aromatic rings. The molecule has 19 heavy (non-hydrogen) atoms. The van der Waals surface area contributed by atoms with Crippen LogP contribution in [0.5, 0.6) is 0 Å². The number of carbonyl (C=O) groups excluding carboxylic acids is 1. The first-order valence-electron chi connectivity index (χ1n) is 6.82. The quantitative estimate of drug-likeness (QED) is 0.754. The van der Waals surface area contributed by atoms with E-state index in [4.69, 9.17) is 4.74 Å². The maximum Gasteiger partial charge on any atom is 0.225 e. The predicted molar refractivity (Wildman–Crippen MR) is 68.9 cm³/mol. The largest absolute Gasteiger partial charge is 0.380 e. The molecule has 0 aromatic carbocycles. The van der Waals surface area contributed by atoms with Gasteiger partial charge in [-0.15, -0.1) is 0 Å². The Kier molecular flexibility index (Phi) is 3.31. The van der Waals surface area contributed by atoms with Gasteiger partial charge in [0.1, 0.15) is 0 Å². The molecule has 1 N–H and O–H groups in total. The van der Waals surface area contributed by atoms with Crippen LogP contribution in [0.15, 0.2) is 0 Å². The van der Waals surface area contributed by atoms with Crippen LogP contribution >= 0.6 is 0 Å². The number of sulfonamides is 1. The Morgan fingerprint density at radius 3 is 2.63 bits per heavy atom. The molecule has 108 valence electrons. The third kappa shape index (κ3) is 2.28. The Labute approximate surface area is 113 Å². The maximum absolute atomic E-state index is 12.3. The number of carbonyl (C=O) groups is 1. The Morgan fingerprint density at radius 1 is 1.26 bits per heavy atom. The number of hydrogen-bond donors (Lipinski definition) is 1. The Bertz CT molecular complexity index is 474. The molecule has 0 bridgehead atoms. The molecule has 0 aromatic heterocycles. The number of ether oxygens (including phenoxy) is 1. The van der Waals surface area contributed by atoms with Crippen LogP contribution in [0.25, 0.3) is 0 Å². The van der Waals surface area contributed by atoms with Gasteiger partial charge < -0.3 is 10.1 Å². The first-order chi connectivity index (χ1) is 9.04. The van der Waals surface area contributed by atoms with Crippen LogP contribution in [0.1, 0.15) is 12.8 Å². The molecule has 0 spiro atoms. The summed E-state index contributed by atoms with van der Waals surface area (Å²) >= 11 is 0. The van der Waals surface area contributed by atoms with Gasteiger partial charge in [-0.1, -0.05) is 0 Å². The molecule has 1 saturated carbocycles. The summed E-state index contributed by atoms with van der Waals surface area (Å²) in [6, 6.07) is 0. The van der Waals surface area contributed by atoms with Gasteiger partial charge in [-0.3, -0.25) is 4.79 Å². The fourth-order valence-electron chi connectivity index (χ4n) is 3.20. The van der Waals surface area contributed by atoms with Crippen LogP contribution in [0.4, 0.5) is 0 Å². The minimum absolute atomic E-state index is 0.0413. The highest BCUT2D eigenvalue weighted by molar-refractivity contribution is 7.90. The fourth-order valence-corrected chi connectivity index (χ4v) is 5.13. The second-order valence-electron chi connectivity index (χ2n) is 5.74. The average molecular weight is 288 g/mol. The van der Waals surface area contributed by atoms with E-state index in [9.17, 15) is 13.2 Å². The summed E-state index contributed by atoms with van der Waals surface area (Å²) in [5, 5.41) is 2.48. The highest BCUT2D eigenvalue weighted by Gasteiger charge is 2.50. The minimum atomic E-state index is -3.13. The van der Waals surface area contributed by atoms with Gasteiger partial charge in [0.25, 0.3) is 0 Å². The van der Waals surface area contributed by atoms with Gasteiger partial charge in [-0.05, 0) is 18.8 Å². The van der Waals surface area contributed by atoms with Crippen LogP contribution in [-0.2, 0) is 19.6 Å². The third-order valence-electron chi connectivity index (χ3n) is 4.49. The third-order valence-corrected chi connectivity index (χ3v) is 6.82. The summed E-state index contributed by atoms with van der Waals surface area (Å²) in [5.41, 5.74) is 0. The first-order valence-corrected chi connectivity index (χ1v) is 8.32. The van der Waals surface area contributed by atoms with Crippen molar-refractivity contribution in [1.29, 1.82) is 0 Å². The monoisotopic (exact) mass is 288 g/mol. The van der Waals surface area contributed by atoms with E-state index in [0.29, 0.717) is 26.3 Å². The normalized spacial score (nSPS) is 35.9. The zero-order valence-electron chi connectivity index (χ0n) is 11.0. The molecule has 1 aliphatic carbocycles. The van der Waals surface area contributed by atoms with E-state index >= 15 is 0 Å². The fraction of sp³-hybridized carbons (Fsp3) is 0.917. The molecule has 3 atom stereocenters. The van der Waals surface area contributed by atoms with Crippen molar-refractivity contribution in [3.05, 3.63) is 0 Å². The molecular weight excluding hydrogens is 268 g/mol. The number of hydrogen-bond acceptors (Lipinski definition) is 4. The molecule has 3 fully saturated rings. The number of fused-ring (bicyclic) bond motifs is 1. The SMILES string of the molecule is CNC(=O)[C@@H]1COC[C@H]2CN(S(=O)(=O)C3CC3)C[C@H]21. The van der Waals surface area contributed by atoms with Crippen LogP contribution in [0.3, 0.4) is 0 Å². The van der Waals surface area contributed by atoms with Crippen molar-refractivity contribution in [3.8, 4) is 0 Å². The van der Waals surface area contributed by atoms with Gasteiger partial charge in [0.05, 0.1) is 24.4 Å². The first kappa shape index (κ1) is 13.3. The molecule has 3 rings (SSSR count). The van der Waals surface area contributed by atoms with Gasteiger partial charge >= 0.3 is 0 Å². The molecular formula is C12H20N2O4S. The van der Waals surface area contributed by atoms with Gasteiger partial charge in [0.2, 0.25) is 15.9 Å². The van der Waals surface area contributed by atoms with E-state index in [-0.39, 0.29) is 28.9 Å². The lowest BCUT2D eigenvalue weighted by atomic mass is 9.82. The summed E-state index contributed by atoms with van der Waals surface area (Å²) in [5.74, 6) is -0.00433. The average Bonchev–Trinajstić information content (AvgIpc) is 3.16. The van der Waals surface area contributed by atoms with Crippen molar-refractivity contribution < 1.29 is 17.9 Å². The maximum atomic E-state index is 12.3. The molecule has 7 heteroatoms. The van der Waals surface area contributed by atoms with E-state index < -0.39 is 10.0 Å². The number of rotatable bonds is 3. The van der Waals surface area contributed by atoms with E-state index in [0.717, 1.165) is 12.8 Å². The highest BCUT2D eigenvalue weighted by Crippen LogP contribution is 2.39. The summed E-state index contributed by atoms with van der Waals surface area (Å²) in [6.07, 6.45) is 1.56. The van der Waals surface area contributed by atoms with Crippen molar-refractivity contribution in [2.75, 3.05) is 33.4 Å². The summed E-state index contributed by atoms with van der Waals surface area (Å²) < 4.78 is 31.6. The van der Waals surface area contributed by atoms with Crippen molar-refractivity contribution in [2.24, 2.45) is 17.8 Å². The molecule has 6 nitrogen and oxygen atoms in total. The van der Waals surface area contributed by atoms with Crippen molar-refractivity contribution in [2.45, 2.75) is 18.1 Å². The topological polar surface area (TPSA) is 75.7 Å². The van der Waals surface area contributed by atoms with E-state index in [2.05, 4.69) is 5.32 Å². The van der Waals surface area contributed by atoms with E-state index in [1.807, 2.05) is 0 Å². The molecule has 3 aliphatic rings. The molecule has 2 aliphatic heterocycles. The van der Waals surface area contributed by atoms with Crippen LogP contribution in [-0.4, -0.2) is 57.2 Å². The zero-order chi connectivity index (χ0) is 13.6. The molecule has 0 radical (unpaired) electrons. The van der Waals surface area contributed by atoms with Crippen molar-refractivity contribution in [1.82, 2.24) is 9.62 Å². The summed E-state index contributed by atoms with van der Waals surface area (Å²) in [6.45, 7) is 1.95. The van der Waals surface area contributed by atoms with Gasteiger partial charge in [0, 0.05) is 26.1 Å². The van der Waals surface area contributed by atoms with E-state index in [1.165, 1.54) is 0 Å². The van der Waals surface area contributed by atoms with Gasteiger partial charge in [-0.25, -0.2) is 12.7 Å². The number of nitrogens with zero attached hydrogens (tertiary/aromatic N) is 1. The number of nitrogens with one attached hydrogen (secondary N) is 1. The predicted octanol–water partition coefficient (Wildman–Crippen LogP) is -0.581. The van der Waals surface area contributed by atoms with Gasteiger partial charge in [-0.2, -0.15) is 0 Å². The van der Waals surface area contributed by atoms with Crippen LogP contribution in [0.2, 0.25) is 0 Å². The van der Waals surface area contributed by atoms with Crippen LogP contribution in [0, 0.1) is 17.8 Å². The lowest BCUT2D eigenvalue weighted by molar-refractivity contribution is -0.133. The Hall–Kier alpha value is -0.660. The van der Waals surface area contributed by atoms with Crippen molar-refractivity contribution in [3.63, 3.8) is 0 Å². The molecule has 2 heterocycles. The van der Waals surface area contributed by atoms with E-state index in [1.54, 1.807) is 11.4 Å². The lowest BCUT2D eigenvalue weighted by Crippen LogP contribution is -2.43. The summed E-state index contributed by atoms with van der Waals surface area (Å²) in [4.78, 5) is 11.9. The lowest BCUT2D eigenvalue weighted by Gasteiger charge is -2.31. The van der Waals surface area contributed by atoms with Crippen LogP contribution < -0.4 is 5.32 Å². The molecule has 2 saturated heterocycles. The van der Waals surface area contributed by atoms with Crippen molar-refractivity contribution >= 4 is 15.9 Å². The molecule has 0 unspecified atom stereocenters. The smallest absolute Gasteiger partial charge is 0.225 e. The number of amides is 1. The molecule has 1 amide bonds. The summed E-state index contributed by atoms with van der Waals surface area (Å²) in [7, 11) is -1.52. The highest BCUT2D eigenvalue weighted by atomic mass is 32.2. The standard InChI is InChI=1S/C12H20N2O4S/c1-13-12(15)11-7-18-6-8-4-14(5-10(8)11)19(16,17)9-2-3-9/h8-11H,2-7H2,1H3,(H,13,15)/t8-,10-,11-/m1/s1.